The molecule has 1 unspecified atom stereocenters. The first-order chi connectivity index (χ1) is 9.21. The van der Waals surface area contributed by atoms with Crippen molar-refractivity contribution in [2.24, 2.45) is 5.73 Å². The van der Waals surface area contributed by atoms with Gasteiger partial charge in [0.05, 0.1) is 13.7 Å². The minimum atomic E-state index is 0.117. The van der Waals surface area contributed by atoms with E-state index in [4.69, 9.17) is 19.9 Å². The number of benzene rings is 1. The number of nitrogens with two attached hydrogens (primary N) is 1. The van der Waals surface area contributed by atoms with Gasteiger partial charge in [0, 0.05) is 25.7 Å². The molecular weight excluding hydrogens is 244 g/mol. The van der Waals surface area contributed by atoms with Gasteiger partial charge in [0.15, 0.2) is 0 Å². The molecule has 0 aliphatic carbocycles. The lowest BCUT2D eigenvalue weighted by Crippen LogP contribution is -2.42. The summed E-state index contributed by atoms with van der Waals surface area (Å²) < 4.78 is 16.7. The summed E-state index contributed by atoms with van der Waals surface area (Å²) in [6, 6.07) is 5.72. The van der Waals surface area contributed by atoms with Gasteiger partial charge in [0.2, 0.25) is 0 Å². The maximum atomic E-state index is 5.79. The largest absolute Gasteiger partial charge is 0.497 e. The smallest absolute Gasteiger partial charge is 0.123 e. The second kappa shape index (κ2) is 6.75. The monoisotopic (exact) mass is 266 g/mol. The second-order valence-electron chi connectivity index (χ2n) is 4.79. The Hall–Kier alpha value is -1.30. The molecule has 1 aromatic carbocycles. The summed E-state index contributed by atoms with van der Waals surface area (Å²) in [6.07, 6.45) is 0.117. The quantitative estimate of drug-likeness (QED) is 0.857. The van der Waals surface area contributed by atoms with Gasteiger partial charge in [-0.25, -0.2) is 0 Å². The van der Waals surface area contributed by atoms with E-state index in [-0.39, 0.29) is 6.10 Å². The molecule has 0 saturated carbocycles. The fraction of sp³-hybridized carbons (Fsp3) is 0.571. The molecule has 19 heavy (non-hydrogen) atoms. The SMILES string of the molecule is COc1cc(CN)cc(OCC2CN(C)CCO2)c1. The van der Waals surface area contributed by atoms with Crippen LogP contribution in [-0.4, -0.2) is 51.5 Å². The van der Waals surface area contributed by atoms with Gasteiger partial charge in [-0.05, 0) is 24.7 Å². The standard InChI is InChI=1S/C14H22N2O3/c1-16-3-4-18-14(9-16)10-19-13-6-11(8-15)5-12(7-13)17-2/h5-7,14H,3-4,8-10,15H2,1-2H3. The molecule has 0 bridgehead atoms. The van der Waals surface area contributed by atoms with E-state index in [1.807, 2.05) is 18.2 Å². The van der Waals surface area contributed by atoms with Crippen LogP contribution in [0.1, 0.15) is 5.56 Å². The number of rotatable bonds is 5. The Morgan fingerprint density at radius 1 is 1.37 bits per heavy atom. The predicted molar refractivity (Wildman–Crippen MR) is 73.6 cm³/mol. The van der Waals surface area contributed by atoms with Crippen molar-refractivity contribution in [3.8, 4) is 11.5 Å². The van der Waals surface area contributed by atoms with E-state index in [1.165, 1.54) is 0 Å². The fourth-order valence-electron chi connectivity index (χ4n) is 2.11. The third kappa shape index (κ3) is 4.09. The third-order valence-corrected chi connectivity index (χ3v) is 3.19. The van der Waals surface area contributed by atoms with Crippen molar-refractivity contribution in [1.82, 2.24) is 4.90 Å². The first-order valence-corrected chi connectivity index (χ1v) is 6.52. The molecule has 1 heterocycles. The van der Waals surface area contributed by atoms with Gasteiger partial charge in [-0.15, -0.1) is 0 Å². The Bertz CT molecular complexity index is 389. The Labute approximate surface area is 114 Å². The first-order valence-electron chi connectivity index (χ1n) is 6.52. The zero-order chi connectivity index (χ0) is 13.7. The van der Waals surface area contributed by atoms with Crippen molar-refractivity contribution in [3.63, 3.8) is 0 Å². The van der Waals surface area contributed by atoms with Gasteiger partial charge in [0.25, 0.3) is 0 Å². The van der Waals surface area contributed by atoms with Crippen molar-refractivity contribution in [1.29, 1.82) is 0 Å². The third-order valence-electron chi connectivity index (χ3n) is 3.19. The summed E-state index contributed by atoms with van der Waals surface area (Å²) in [7, 11) is 3.73. The van der Waals surface area contributed by atoms with E-state index in [0.717, 1.165) is 36.8 Å². The van der Waals surface area contributed by atoms with Crippen molar-refractivity contribution in [2.45, 2.75) is 12.6 Å². The number of nitrogens with zero attached hydrogens (tertiary/aromatic N) is 1. The van der Waals surface area contributed by atoms with Crippen molar-refractivity contribution >= 4 is 0 Å². The van der Waals surface area contributed by atoms with Gasteiger partial charge in [0.1, 0.15) is 24.2 Å². The molecule has 2 rings (SSSR count). The van der Waals surface area contributed by atoms with Crippen molar-refractivity contribution < 1.29 is 14.2 Å². The molecule has 0 amide bonds. The van der Waals surface area contributed by atoms with Crippen LogP contribution in [-0.2, 0) is 11.3 Å². The molecule has 0 spiro atoms. The number of ether oxygens (including phenoxy) is 3. The molecule has 2 N–H and O–H groups in total. The maximum Gasteiger partial charge on any atom is 0.123 e. The summed E-state index contributed by atoms with van der Waals surface area (Å²) in [4.78, 5) is 2.24. The fourth-order valence-corrected chi connectivity index (χ4v) is 2.11. The topological polar surface area (TPSA) is 57.0 Å². The molecule has 1 fully saturated rings. The molecule has 0 aromatic heterocycles. The highest BCUT2D eigenvalue weighted by Gasteiger charge is 2.18. The summed E-state index contributed by atoms with van der Waals surface area (Å²) in [5.74, 6) is 1.54. The van der Waals surface area contributed by atoms with Crippen LogP contribution in [0.25, 0.3) is 0 Å². The van der Waals surface area contributed by atoms with Crippen LogP contribution in [0.4, 0.5) is 0 Å². The molecule has 5 nitrogen and oxygen atoms in total. The van der Waals surface area contributed by atoms with Crippen LogP contribution >= 0.6 is 0 Å². The molecule has 0 radical (unpaired) electrons. The van der Waals surface area contributed by atoms with Crippen LogP contribution in [0.3, 0.4) is 0 Å². The van der Waals surface area contributed by atoms with E-state index in [1.54, 1.807) is 7.11 Å². The van der Waals surface area contributed by atoms with Gasteiger partial charge < -0.3 is 24.8 Å². The van der Waals surface area contributed by atoms with Gasteiger partial charge >= 0.3 is 0 Å². The molecule has 1 aliphatic rings. The van der Waals surface area contributed by atoms with Crippen LogP contribution < -0.4 is 15.2 Å². The number of hydrogen-bond acceptors (Lipinski definition) is 5. The Kier molecular flexibility index (Phi) is 5.01. The molecule has 1 aromatic rings. The highest BCUT2D eigenvalue weighted by molar-refractivity contribution is 5.38. The Balaban J connectivity index is 1.94. The molecule has 1 aliphatic heterocycles. The minimum Gasteiger partial charge on any atom is -0.497 e. The zero-order valence-corrected chi connectivity index (χ0v) is 11.6. The van der Waals surface area contributed by atoms with Crippen LogP contribution in [0, 0.1) is 0 Å². The lowest BCUT2D eigenvalue weighted by molar-refractivity contribution is -0.0403. The van der Waals surface area contributed by atoms with E-state index in [2.05, 4.69) is 11.9 Å². The van der Waals surface area contributed by atoms with Crippen molar-refractivity contribution in [2.75, 3.05) is 40.5 Å². The average molecular weight is 266 g/mol. The predicted octanol–water partition coefficient (Wildman–Crippen LogP) is 0.863. The second-order valence-corrected chi connectivity index (χ2v) is 4.79. The van der Waals surface area contributed by atoms with E-state index in [9.17, 15) is 0 Å². The highest BCUT2D eigenvalue weighted by atomic mass is 16.5. The maximum absolute atomic E-state index is 5.79. The number of methoxy groups -OCH3 is 1. The summed E-state index contributed by atoms with van der Waals surface area (Å²) >= 11 is 0. The number of morpholine rings is 1. The molecule has 106 valence electrons. The van der Waals surface area contributed by atoms with E-state index >= 15 is 0 Å². The molecule has 1 saturated heterocycles. The average Bonchev–Trinajstić information content (AvgIpc) is 2.44. The summed E-state index contributed by atoms with van der Waals surface area (Å²) in [6.45, 7) is 3.65. The van der Waals surface area contributed by atoms with Gasteiger partial charge in [-0.3, -0.25) is 0 Å². The van der Waals surface area contributed by atoms with Gasteiger partial charge in [-0.1, -0.05) is 0 Å². The summed E-state index contributed by atoms with van der Waals surface area (Å²) in [5.41, 5.74) is 6.65. The normalized spacial score (nSPS) is 20.3. The first kappa shape index (κ1) is 14.1. The Morgan fingerprint density at radius 2 is 2.16 bits per heavy atom. The van der Waals surface area contributed by atoms with E-state index < -0.39 is 0 Å². The number of likely N-dealkylation sites (N-methyl/N-ethyl adjacent to an activating group) is 1. The Morgan fingerprint density at radius 3 is 2.84 bits per heavy atom. The van der Waals surface area contributed by atoms with Crippen molar-refractivity contribution in [3.05, 3.63) is 23.8 Å². The highest BCUT2D eigenvalue weighted by Crippen LogP contribution is 2.23. The van der Waals surface area contributed by atoms with Crippen LogP contribution in [0.5, 0.6) is 11.5 Å². The molecular formula is C14H22N2O3. The lowest BCUT2D eigenvalue weighted by atomic mass is 10.2. The van der Waals surface area contributed by atoms with Gasteiger partial charge in [-0.2, -0.15) is 0 Å². The minimum absolute atomic E-state index is 0.117. The van der Waals surface area contributed by atoms with E-state index in [0.29, 0.717) is 13.2 Å². The molecule has 5 heteroatoms. The number of hydrogen-bond donors (Lipinski definition) is 1. The lowest BCUT2D eigenvalue weighted by Gasteiger charge is -2.29. The molecule has 1 atom stereocenters. The zero-order valence-electron chi connectivity index (χ0n) is 11.6. The summed E-state index contributed by atoms with van der Waals surface area (Å²) in [5, 5.41) is 0. The van der Waals surface area contributed by atoms with Crippen LogP contribution in [0.15, 0.2) is 18.2 Å². The van der Waals surface area contributed by atoms with Crippen LogP contribution in [0.2, 0.25) is 0 Å².